The molecule has 0 aliphatic carbocycles. The van der Waals surface area contributed by atoms with Gasteiger partial charge in [0.15, 0.2) is 11.6 Å². The van der Waals surface area contributed by atoms with Crippen LogP contribution in [0.4, 0.5) is 5.69 Å². The highest BCUT2D eigenvalue weighted by Crippen LogP contribution is 2.33. The van der Waals surface area contributed by atoms with E-state index in [0.717, 1.165) is 24.5 Å². The van der Waals surface area contributed by atoms with E-state index in [1.165, 1.54) is 0 Å². The molecule has 0 radical (unpaired) electrons. The first kappa shape index (κ1) is 16.3. The van der Waals surface area contributed by atoms with Crippen molar-refractivity contribution in [2.24, 2.45) is 0 Å². The number of rotatable bonds is 7. The quantitative estimate of drug-likeness (QED) is 0.698. The van der Waals surface area contributed by atoms with E-state index in [0.29, 0.717) is 23.1 Å². The number of tetrazole rings is 1. The summed E-state index contributed by atoms with van der Waals surface area (Å²) in [7, 11) is 0. The van der Waals surface area contributed by atoms with Gasteiger partial charge in [0.2, 0.25) is 0 Å². The third-order valence-corrected chi connectivity index (χ3v) is 3.73. The predicted molar refractivity (Wildman–Crippen MR) is 93.4 cm³/mol. The fourth-order valence-electron chi connectivity index (χ4n) is 2.26. The lowest BCUT2D eigenvalue weighted by Gasteiger charge is -2.13. The van der Waals surface area contributed by atoms with Crippen molar-refractivity contribution in [2.45, 2.75) is 26.4 Å². The fourth-order valence-corrected chi connectivity index (χ4v) is 2.43. The number of benzene rings is 2. The molecule has 3 aromatic rings. The molecule has 0 amide bonds. The minimum Gasteiger partial charge on any atom is -0.454 e. The SMILES string of the molecule is CCCn1nnnc1CNc1ccccc1Oc1ccccc1Cl. The van der Waals surface area contributed by atoms with Gasteiger partial charge in [-0.2, -0.15) is 0 Å². The van der Waals surface area contributed by atoms with Crippen LogP contribution in [-0.2, 0) is 13.1 Å². The van der Waals surface area contributed by atoms with E-state index in [4.69, 9.17) is 16.3 Å². The summed E-state index contributed by atoms with van der Waals surface area (Å²) in [5.74, 6) is 2.09. The predicted octanol–water partition coefficient (Wildman–Crippen LogP) is 4.14. The van der Waals surface area contributed by atoms with Gasteiger partial charge in [0.1, 0.15) is 5.75 Å². The average Bonchev–Trinajstić information content (AvgIpc) is 3.04. The third-order valence-electron chi connectivity index (χ3n) is 3.42. The lowest BCUT2D eigenvalue weighted by molar-refractivity contribution is 0.484. The lowest BCUT2D eigenvalue weighted by Crippen LogP contribution is -2.10. The highest BCUT2D eigenvalue weighted by atomic mass is 35.5. The summed E-state index contributed by atoms with van der Waals surface area (Å²) < 4.78 is 7.73. The van der Waals surface area contributed by atoms with Crippen LogP contribution in [0.3, 0.4) is 0 Å². The maximum absolute atomic E-state index is 6.17. The summed E-state index contributed by atoms with van der Waals surface area (Å²) in [4.78, 5) is 0. The van der Waals surface area contributed by atoms with Gasteiger partial charge in [-0.3, -0.25) is 0 Å². The second kappa shape index (κ2) is 7.79. The summed E-state index contributed by atoms with van der Waals surface area (Å²) in [5, 5.41) is 15.7. The summed E-state index contributed by atoms with van der Waals surface area (Å²) in [5.41, 5.74) is 0.850. The van der Waals surface area contributed by atoms with E-state index in [1.807, 2.05) is 42.5 Å². The van der Waals surface area contributed by atoms with E-state index in [1.54, 1.807) is 10.7 Å². The van der Waals surface area contributed by atoms with Crippen LogP contribution in [0.25, 0.3) is 0 Å². The van der Waals surface area contributed by atoms with Crippen molar-refractivity contribution in [3.05, 3.63) is 59.4 Å². The first-order chi connectivity index (χ1) is 11.8. The van der Waals surface area contributed by atoms with Gasteiger partial charge in [0.25, 0.3) is 0 Å². The molecular weight excluding hydrogens is 326 g/mol. The van der Waals surface area contributed by atoms with E-state index in [2.05, 4.69) is 27.8 Å². The van der Waals surface area contributed by atoms with Gasteiger partial charge in [-0.1, -0.05) is 42.8 Å². The second-order valence-electron chi connectivity index (χ2n) is 5.20. The molecule has 1 N–H and O–H groups in total. The summed E-state index contributed by atoms with van der Waals surface area (Å²) in [6, 6.07) is 15.1. The van der Waals surface area contributed by atoms with Crippen LogP contribution in [0.1, 0.15) is 19.2 Å². The van der Waals surface area contributed by atoms with E-state index < -0.39 is 0 Å². The number of para-hydroxylation sites is 3. The van der Waals surface area contributed by atoms with Crippen molar-refractivity contribution in [2.75, 3.05) is 5.32 Å². The Balaban J connectivity index is 1.75. The molecule has 0 saturated carbocycles. The summed E-state index contributed by atoms with van der Waals surface area (Å²) in [6.07, 6.45) is 0.976. The smallest absolute Gasteiger partial charge is 0.170 e. The Morgan fingerprint density at radius 3 is 2.62 bits per heavy atom. The molecule has 124 valence electrons. The summed E-state index contributed by atoms with van der Waals surface area (Å²) in [6.45, 7) is 3.39. The van der Waals surface area contributed by atoms with Gasteiger partial charge >= 0.3 is 0 Å². The average molecular weight is 344 g/mol. The molecule has 0 bridgehead atoms. The number of ether oxygens (including phenoxy) is 1. The topological polar surface area (TPSA) is 64.9 Å². The maximum Gasteiger partial charge on any atom is 0.170 e. The van der Waals surface area contributed by atoms with Crippen LogP contribution < -0.4 is 10.1 Å². The van der Waals surface area contributed by atoms with Crippen molar-refractivity contribution >= 4 is 17.3 Å². The van der Waals surface area contributed by atoms with Gasteiger partial charge in [-0.25, -0.2) is 4.68 Å². The molecule has 0 aliphatic heterocycles. The zero-order chi connectivity index (χ0) is 16.8. The van der Waals surface area contributed by atoms with Crippen LogP contribution >= 0.6 is 11.6 Å². The molecule has 24 heavy (non-hydrogen) atoms. The Morgan fingerprint density at radius 2 is 1.83 bits per heavy atom. The molecule has 1 aromatic heterocycles. The molecule has 0 aliphatic rings. The van der Waals surface area contributed by atoms with Crippen LogP contribution in [0.15, 0.2) is 48.5 Å². The van der Waals surface area contributed by atoms with Crippen molar-refractivity contribution < 1.29 is 4.74 Å². The Morgan fingerprint density at radius 1 is 1.08 bits per heavy atom. The van der Waals surface area contributed by atoms with Gasteiger partial charge in [-0.15, -0.1) is 5.10 Å². The first-order valence-corrected chi connectivity index (χ1v) is 8.16. The number of aryl methyl sites for hydroxylation is 1. The molecule has 2 aromatic carbocycles. The molecule has 6 nitrogen and oxygen atoms in total. The van der Waals surface area contributed by atoms with Crippen LogP contribution in [0.5, 0.6) is 11.5 Å². The molecule has 0 spiro atoms. The summed E-state index contributed by atoms with van der Waals surface area (Å²) >= 11 is 6.17. The lowest BCUT2D eigenvalue weighted by atomic mass is 10.3. The Kier molecular flexibility index (Phi) is 5.28. The van der Waals surface area contributed by atoms with Crippen molar-refractivity contribution in [3.63, 3.8) is 0 Å². The minimum atomic E-state index is 0.510. The number of hydrogen-bond acceptors (Lipinski definition) is 5. The third kappa shape index (κ3) is 3.83. The van der Waals surface area contributed by atoms with E-state index in [9.17, 15) is 0 Å². The molecule has 0 unspecified atom stereocenters. The van der Waals surface area contributed by atoms with Gasteiger partial charge in [0.05, 0.1) is 17.3 Å². The normalized spacial score (nSPS) is 10.6. The Hall–Kier alpha value is -2.60. The molecule has 0 saturated heterocycles. The number of aromatic nitrogens is 4. The molecule has 0 fully saturated rings. The van der Waals surface area contributed by atoms with Gasteiger partial charge in [0, 0.05) is 6.54 Å². The number of hydrogen-bond donors (Lipinski definition) is 1. The Bertz CT molecular complexity index is 805. The molecule has 0 atom stereocenters. The number of nitrogens with zero attached hydrogens (tertiary/aromatic N) is 4. The van der Waals surface area contributed by atoms with Crippen LogP contribution in [0.2, 0.25) is 5.02 Å². The highest BCUT2D eigenvalue weighted by Gasteiger charge is 2.09. The van der Waals surface area contributed by atoms with Crippen molar-refractivity contribution in [1.82, 2.24) is 20.2 Å². The van der Waals surface area contributed by atoms with Crippen LogP contribution in [-0.4, -0.2) is 20.2 Å². The van der Waals surface area contributed by atoms with Crippen molar-refractivity contribution in [3.8, 4) is 11.5 Å². The first-order valence-electron chi connectivity index (χ1n) is 7.78. The van der Waals surface area contributed by atoms with E-state index >= 15 is 0 Å². The minimum absolute atomic E-state index is 0.510. The molecule has 1 heterocycles. The Labute approximate surface area is 145 Å². The number of halogens is 1. The number of anilines is 1. The zero-order valence-electron chi connectivity index (χ0n) is 13.3. The standard InChI is InChI=1S/C17H18ClN5O/c1-2-11-23-17(20-21-22-23)12-19-14-8-4-6-10-16(14)24-15-9-5-3-7-13(15)18/h3-10,19H,2,11-12H2,1H3. The van der Waals surface area contributed by atoms with E-state index in [-0.39, 0.29) is 0 Å². The highest BCUT2D eigenvalue weighted by molar-refractivity contribution is 6.32. The largest absolute Gasteiger partial charge is 0.454 e. The molecular formula is C17H18ClN5O. The maximum atomic E-state index is 6.17. The second-order valence-corrected chi connectivity index (χ2v) is 5.61. The molecule has 3 rings (SSSR count). The van der Waals surface area contributed by atoms with Gasteiger partial charge in [-0.05, 0) is 41.1 Å². The van der Waals surface area contributed by atoms with Crippen LogP contribution in [0, 0.1) is 0 Å². The monoisotopic (exact) mass is 343 g/mol. The van der Waals surface area contributed by atoms with Crippen molar-refractivity contribution in [1.29, 1.82) is 0 Å². The number of nitrogens with one attached hydrogen (secondary N) is 1. The van der Waals surface area contributed by atoms with Gasteiger partial charge < -0.3 is 10.1 Å². The fraction of sp³-hybridized carbons (Fsp3) is 0.235. The molecule has 7 heteroatoms. The zero-order valence-corrected chi connectivity index (χ0v) is 14.1.